The SMILES string of the molecule is CCc1ccc([C@@H](C)NC(=O)[C@H](C)Oc2cccc(C)c2)cc1. The van der Waals surface area contributed by atoms with E-state index in [-0.39, 0.29) is 11.9 Å². The molecule has 0 aliphatic carbocycles. The molecule has 0 radical (unpaired) electrons. The zero-order valence-electron chi connectivity index (χ0n) is 14.3. The number of carbonyl (C=O) groups is 1. The molecule has 3 nitrogen and oxygen atoms in total. The Kier molecular flexibility index (Phi) is 5.80. The number of nitrogens with one attached hydrogen (secondary N) is 1. The van der Waals surface area contributed by atoms with Gasteiger partial charge in [-0.1, -0.05) is 43.3 Å². The standard InChI is InChI=1S/C20H25NO2/c1-5-17-9-11-18(12-10-17)15(3)21-20(22)16(4)23-19-8-6-7-14(2)13-19/h6-13,15-16H,5H2,1-4H3,(H,21,22)/t15-,16+/m1/s1. The molecule has 23 heavy (non-hydrogen) atoms. The van der Waals surface area contributed by atoms with Crippen molar-refractivity contribution >= 4 is 5.91 Å². The van der Waals surface area contributed by atoms with Crippen molar-refractivity contribution in [3.8, 4) is 5.75 Å². The average molecular weight is 311 g/mol. The van der Waals surface area contributed by atoms with Gasteiger partial charge in [0.15, 0.2) is 6.10 Å². The summed E-state index contributed by atoms with van der Waals surface area (Å²) in [6.45, 7) is 7.88. The zero-order valence-corrected chi connectivity index (χ0v) is 14.3. The van der Waals surface area contributed by atoms with Crippen LogP contribution in [0.3, 0.4) is 0 Å². The van der Waals surface area contributed by atoms with Crippen molar-refractivity contribution in [1.29, 1.82) is 0 Å². The first-order chi connectivity index (χ1) is 11.0. The molecule has 0 unspecified atom stereocenters. The molecule has 2 aromatic carbocycles. The maximum absolute atomic E-state index is 12.3. The van der Waals surface area contributed by atoms with E-state index in [0.29, 0.717) is 5.75 Å². The third kappa shape index (κ3) is 4.85. The lowest BCUT2D eigenvalue weighted by atomic mass is 10.0. The van der Waals surface area contributed by atoms with Gasteiger partial charge in [0.05, 0.1) is 6.04 Å². The molecule has 2 atom stereocenters. The van der Waals surface area contributed by atoms with E-state index in [1.54, 1.807) is 6.92 Å². The summed E-state index contributed by atoms with van der Waals surface area (Å²) in [7, 11) is 0. The smallest absolute Gasteiger partial charge is 0.261 e. The maximum atomic E-state index is 12.3. The largest absolute Gasteiger partial charge is 0.481 e. The third-order valence-corrected chi connectivity index (χ3v) is 3.92. The fourth-order valence-electron chi connectivity index (χ4n) is 2.40. The van der Waals surface area contributed by atoms with Crippen molar-refractivity contribution in [1.82, 2.24) is 5.32 Å². The minimum absolute atomic E-state index is 0.0445. The second kappa shape index (κ2) is 7.82. The van der Waals surface area contributed by atoms with E-state index in [0.717, 1.165) is 17.5 Å². The molecule has 0 aliphatic rings. The van der Waals surface area contributed by atoms with Crippen molar-refractivity contribution in [3.05, 3.63) is 65.2 Å². The van der Waals surface area contributed by atoms with Crippen LogP contribution in [-0.2, 0) is 11.2 Å². The first-order valence-electron chi connectivity index (χ1n) is 8.12. The number of rotatable bonds is 6. The van der Waals surface area contributed by atoms with Crippen LogP contribution < -0.4 is 10.1 Å². The zero-order chi connectivity index (χ0) is 16.8. The molecule has 0 fully saturated rings. The van der Waals surface area contributed by atoms with Gasteiger partial charge in [-0.3, -0.25) is 4.79 Å². The van der Waals surface area contributed by atoms with E-state index in [2.05, 4.69) is 36.5 Å². The van der Waals surface area contributed by atoms with Crippen LogP contribution in [0.15, 0.2) is 48.5 Å². The number of hydrogen-bond acceptors (Lipinski definition) is 2. The van der Waals surface area contributed by atoms with Gasteiger partial charge < -0.3 is 10.1 Å². The predicted molar refractivity (Wildman–Crippen MR) is 93.6 cm³/mol. The highest BCUT2D eigenvalue weighted by Crippen LogP contribution is 2.16. The van der Waals surface area contributed by atoms with Crippen molar-refractivity contribution in [2.24, 2.45) is 0 Å². The summed E-state index contributed by atoms with van der Waals surface area (Å²) in [6, 6.07) is 16.0. The minimum Gasteiger partial charge on any atom is -0.481 e. The van der Waals surface area contributed by atoms with E-state index < -0.39 is 6.10 Å². The van der Waals surface area contributed by atoms with Crippen molar-refractivity contribution in [2.75, 3.05) is 0 Å². The third-order valence-electron chi connectivity index (χ3n) is 3.92. The molecular weight excluding hydrogens is 286 g/mol. The summed E-state index contributed by atoms with van der Waals surface area (Å²) < 4.78 is 5.72. The van der Waals surface area contributed by atoms with Crippen molar-refractivity contribution in [2.45, 2.75) is 46.3 Å². The summed E-state index contributed by atoms with van der Waals surface area (Å²) in [5.41, 5.74) is 3.50. The molecule has 0 saturated heterocycles. The second-order valence-electron chi connectivity index (χ2n) is 5.90. The monoisotopic (exact) mass is 311 g/mol. The van der Waals surface area contributed by atoms with E-state index in [4.69, 9.17) is 4.74 Å². The number of hydrogen-bond donors (Lipinski definition) is 1. The number of carbonyl (C=O) groups excluding carboxylic acids is 1. The molecule has 3 heteroatoms. The molecule has 0 aliphatic heterocycles. The van der Waals surface area contributed by atoms with Gasteiger partial charge in [0, 0.05) is 0 Å². The summed E-state index contributed by atoms with van der Waals surface area (Å²) >= 11 is 0. The molecule has 2 aromatic rings. The van der Waals surface area contributed by atoms with E-state index in [1.807, 2.05) is 38.1 Å². The molecule has 1 amide bonds. The van der Waals surface area contributed by atoms with Crippen LogP contribution in [0, 0.1) is 6.92 Å². The van der Waals surface area contributed by atoms with Crippen LogP contribution in [0.5, 0.6) is 5.75 Å². The highest BCUT2D eigenvalue weighted by atomic mass is 16.5. The van der Waals surface area contributed by atoms with Gasteiger partial charge in [-0.05, 0) is 56.0 Å². The Labute approximate surface area is 138 Å². The summed E-state index contributed by atoms with van der Waals surface area (Å²) in [5.74, 6) is 0.603. The first kappa shape index (κ1) is 17.1. The Balaban J connectivity index is 1.94. The number of benzene rings is 2. The van der Waals surface area contributed by atoms with Gasteiger partial charge in [0.1, 0.15) is 5.75 Å². The second-order valence-corrected chi connectivity index (χ2v) is 5.90. The van der Waals surface area contributed by atoms with Crippen LogP contribution in [0.1, 0.15) is 43.5 Å². The Morgan fingerprint density at radius 3 is 2.43 bits per heavy atom. The van der Waals surface area contributed by atoms with Crippen LogP contribution >= 0.6 is 0 Å². The molecule has 1 N–H and O–H groups in total. The van der Waals surface area contributed by atoms with Gasteiger partial charge in [-0.2, -0.15) is 0 Å². The lowest BCUT2D eigenvalue weighted by molar-refractivity contribution is -0.127. The Morgan fingerprint density at radius 2 is 1.83 bits per heavy atom. The van der Waals surface area contributed by atoms with Crippen molar-refractivity contribution in [3.63, 3.8) is 0 Å². The Bertz CT molecular complexity index is 649. The lowest BCUT2D eigenvalue weighted by Crippen LogP contribution is -2.37. The first-order valence-corrected chi connectivity index (χ1v) is 8.12. The number of aryl methyl sites for hydroxylation is 2. The van der Waals surface area contributed by atoms with Crippen LogP contribution in [0.2, 0.25) is 0 Å². The molecule has 0 heterocycles. The molecule has 0 bridgehead atoms. The minimum atomic E-state index is -0.533. The Morgan fingerprint density at radius 1 is 1.13 bits per heavy atom. The molecule has 0 saturated carbocycles. The molecule has 0 aromatic heterocycles. The number of ether oxygens (including phenoxy) is 1. The Hall–Kier alpha value is -2.29. The average Bonchev–Trinajstić information content (AvgIpc) is 2.54. The quantitative estimate of drug-likeness (QED) is 0.868. The summed E-state index contributed by atoms with van der Waals surface area (Å²) in [4.78, 5) is 12.3. The molecule has 2 rings (SSSR count). The predicted octanol–water partition coefficient (Wildman–Crippen LogP) is 4.20. The fourth-order valence-corrected chi connectivity index (χ4v) is 2.40. The number of amides is 1. The topological polar surface area (TPSA) is 38.3 Å². The van der Waals surface area contributed by atoms with Crippen LogP contribution in [0.4, 0.5) is 0 Å². The van der Waals surface area contributed by atoms with Crippen LogP contribution in [0.25, 0.3) is 0 Å². The van der Waals surface area contributed by atoms with Gasteiger partial charge in [0.25, 0.3) is 5.91 Å². The van der Waals surface area contributed by atoms with E-state index in [1.165, 1.54) is 5.56 Å². The molecule has 0 spiro atoms. The highest BCUT2D eigenvalue weighted by molar-refractivity contribution is 5.81. The normalized spacial score (nSPS) is 13.2. The van der Waals surface area contributed by atoms with Crippen LogP contribution in [-0.4, -0.2) is 12.0 Å². The van der Waals surface area contributed by atoms with Gasteiger partial charge >= 0.3 is 0 Å². The lowest BCUT2D eigenvalue weighted by Gasteiger charge is -2.19. The van der Waals surface area contributed by atoms with Gasteiger partial charge in [0.2, 0.25) is 0 Å². The fraction of sp³-hybridized carbons (Fsp3) is 0.350. The summed E-state index contributed by atoms with van der Waals surface area (Å²) in [6.07, 6.45) is 0.483. The van der Waals surface area contributed by atoms with E-state index in [9.17, 15) is 4.79 Å². The van der Waals surface area contributed by atoms with Gasteiger partial charge in [-0.15, -0.1) is 0 Å². The molecular formula is C20H25NO2. The highest BCUT2D eigenvalue weighted by Gasteiger charge is 2.17. The molecule has 122 valence electrons. The van der Waals surface area contributed by atoms with Gasteiger partial charge in [-0.25, -0.2) is 0 Å². The summed E-state index contributed by atoms with van der Waals surface area (Å²) in [5, 5.41) is 3.00. The maximum Gasteiger partial charge on any atom is 0.261 e. The van der Waals surface area contributed by atoms with E-state index >= 15 is 0 Å². The van der Waals surface area contributed by atoms with Crippen molar-refractivity contribution < 1.29 is 9.53 Å².